The van der Waals surface area contributed by atoms with Gasteiger partial charge in [0.2, 0.25) is 10.0 Å². The first-order valence-electron chi connectivity index (χ1n) is 6.15. The number of hydrogen-bond donors (Lipinski definition) is 1. The minimum Gasteiger partial charge on any atom is -0.380 e. The molecule has 0 aliphatic rings. The first-order valence-corrected chi connectivity index (χ1v) is 7.59. The maximum Gasteiger partial charge on any atom is 0.244 e. The molecule has 5 heteroatoms. The Balaban J connectivity index is 3.14. The fraction of sp³-hybridized carbons (Fsp3) is 0.429. The predicted molar refractivity (Wildman–Crippen MR) is 78.5 cm³/mol. The van der Waals surface area contributed by atoms with E-state index in [0.717, 1.165) is 6.42 Å². The molecule has 0 aliphatic carbocycles. The molecule has 4 nitrogen and oxygen atoms in total. The second-order valence-corrected chi connectivity index (χ2v) is 6.56. The van der Waals surface area contributed by atoms with Crippen LogP contribution in [0.25, 0.3) is 0 Å². The van der Waals surface area contributed by atoms with E-state index in [9.17, 15) is 8.42 Å². The Morgan fingerprint density at radius 2 is 2.00 bits per heavy atom. The van der Waals surface area contributed by atoms with Crippen molar-refractivity contribution >= 4 is 15.7 Å². The number of sulfonamides is 1. The molecule has 1 unspecified atom stereocenters. The highest BCUT2D eigenvalue weighted by atomic mass is 32.2. The molecule has 0 saturated carbocycles. The third kappa shape index (κ3) is 3.72. The van der Waals surface area contributed by atoms with E-state index in [2.05, 4.69) is 11.2 Å². The lowest BCUT2D eigenvalue weighted by Gasteiger charge is -2.20. The van der Waals surface area contributed by atoms with Crippen molar-refractivity contribution in [2.45, 2.75) is 30.7 Å². The van der Waals surface area contributed by atoms with Gasteiger partial charge in [0.25, 0.3) is 0 Å². The quantitative estimate of drug-likeness (QED) is 0.812. The van der Waals surface area contributed by atoms with Gasteiger partial charge >= 0.3 is 0 Å². The fourth-order valence-electron chi connectivity index (χ4n) is 1.67. The van der Waals surface area contributed by atoms with Gasteiger partial charge in [-0.3, -0.25) is 0 Å². The van der Waals surface area contributed by atoms with Gasteiger partial charge in [-0.1, -0.05) is 19.1 Å². The molecule has 1 aromatic carbocycles. The third-order valence-corrected chi connectivity index (χ3v) is 4.74. The summed E-state index contributed by atoms with van der Waals surface area (Å²) in [6.07, 6.45) is 6.71. The first-order chi connectivity index (χ1) is 8.93. The highest BCUT2D eigenvalue weighted by Crippen LogP contribution is 2.24. The SMILES string of the molecule is C#CCC(CC)Nc1ccccc1S(=O)(=O)N(C)C. The van der Waals surface area contributed by atoms with Gasteiger partial charge in [-0.2, -0.15) is 0 Å². The molecule has 1 N–H and O–H groups in total. The van der Waals surface area contributed by atoms with Gasteiger partial charge in [0.05, 0.1) is 5.69 Å². The van der Waals surface area contributed by atoms with E-state index in [-0.39, 0.29) is 10.9 Å². The summed E-state index contributed by atoms with van der Waals surface area (Å²) in [4.78, 5) is 0.274. The maximum absolute atomic E-state index is 12.2. The van der Waals surface area contributed by atoms with Crippen molar-refractivity contribution < 1.29 is 8.42 Å². The van der Waals surface area contributed by atoms with Crippen LogP contribution in [0.2, 0.25) is 0 Å². The highest BCUT2D eigenvalue weighted by molar-refractivity contribution is 7.89. The summed E-state index contributed by atoms with van der Waals surface area (Å²) in [6, 6.07) is 6.95. The number of hydrogen-bond acceptors (Lipinski definition) is 3. The molecule has 0 heterocycles. The molecular weight excluding hydrogens is 260 g/mol. The van der Waals surface area contributed by atoms with Crippen molar-refractivity contribution in [3.05, 3.63) is 24.3 Å². The lowest BCUT2D eigenvalue weighted by Crippen LogP contribution is -2.25. The zero-order chi connectivity index (χ0) is 14.5. The number of terminal acetylenes is 1. The van der Waals surface area contributed by atoms with E-state index in [1.165, 1.54) is 18.4 Å². The standard InChI is InChI=1S/C14H20N2O2S/c1-5-9-12(6-2)15-13-10-7-8-11-14(13)19(17,18)16(3)4/h1,7-8,10-12,15H,6,9H2,2-4H3. The highest BCUT2D eigenvalue weighted by Gasteiger charge is 2.21. The van der Waals surface area contributed by atoms with E-state index in [0.29, 0.717) is 12.1 Å². The summed E-state index contributed by atoms with van der Waals surface area (Å²) >= 11 is 0. The molecule has 0 bridgehead atoms. The van der Waals surface area contributed by atoms with Gasteiger partial charge in [-0.15, -0.1) is 12.3 Å². The first kappa shape index (κ1) is 15.5. The Hall–Kier alpha value is -1.51. The van der Waals surface area contributed by atoms with Crippen molar-refractivity contribution in [2.75, 3.05) is 19.4 Å². The number of benzene rings is 1. The zero-order valence-electron chi connectivity index (χ0n) is 11.6. The molecule has 0 aromatic heterocycles. The smallest absolute Gasteiger partial charge is 0.244 e. The molecule has 0 saturated heterocycles. The molecule has 1 aromatic rings. The summed E-state index contributed by atoms with van der Waals surface area (Å²) in [5.74, 6) is 2.60. The van der Waals surface area contributed by atoms with Gasteiger partial charge in [0.15, 0.2) is 0 Å². The van der Waals surface area contributed by atoms with Gasteiger partial charge < -0.3 is 5.32 Å². The Morgan fingerprint density at radius 3 is 2.53 bits per heavy atom. The lowest BCUT2D eigenvalue weighted by molar-refractivity contribution is 0.521. The molecule has 1 rings (SSSR count). The lowest BCUT2D eigenvalue weighted by atomic mass is 10.1. The van der Waals surface area contributed by atoms with Crippen LogP contribution in [0.3, 0.4) is 0 Å². The Labute approximate surface area is 115 Å². The van der Waals surface area contributed by atoms with E-state index in [1.54, 1.807) is 24.3 Å². The molecule has 1 atom stereocenters. The third-order valence-electron chi connectivity index (χ3n) is 2.86. The number of rotatable bonds is 6. The Morgan fingerprint density at radius 1 is 1.37 bits per heavy atom. The molecule has 0 radical (unpaired) electrons. The normalized spacial score (nSPS) is 13.0. The number of nitrogens with zero attached hydrogens (tertiary/aromatic N) is 1. The van der Waals surface area contributed by atoms with Crippen LogP contribution in [0.1, 0.15) is 19.8 Å². The second-order valence-electron chi connectivity index (χ2n) is 4.44. The largest absolute Gasteiger partial charge is 0.380 e. The topological polar surface area (TPSA) is 49.4 Å². The van der Waals surface area contributed by atoms with Crippen molar-refractivity contribution in [1.29, 1.82) is 0 Å². The van der Waals surface area contributed by atoms with Crippen molar-refractivity contribution in [1.82, 2.24) is 4.31 Å². The van der Waals surface area contributed by atoms with Crippen LogP contribution in [0, 0.1) is 12.3 Å². The average molecular weight is 280 g/mol. The summed E-state index contributed by atoms with van der Waals surface area (Å²) in [7, 11) is -0.420. The molecule has 19 heavy (non-hydrogen) atoms. The summed E-state index contributed by atoms with van der Waals surface area (Å²) in [5.41, 5.74) is 0.596. The molecule has 104 valence electrons. The molecule has 0 amide bonds. The summed E-state index contributed by atoms with van der Waals surface area (Å²) in [5, 5.41) is 3.21. The van der Waals surface area contributed by atoms with Gasteiger partial charge in [0.1, 0.15) is 4.90 Å². The number of nitrogens with one attached hydrogen (secondary N) is 1. The zero-order valence-corrected chi connectivity index (χ0v) is 12.4. The fourth-order valence-corrected chi connectivity index (χ4v) is 2.72. The van der Waals surface area contributed by atoms with E-state index in [4.69, 9.17) is 6.42 Å². The van der Waals surface area contributed by atoms with Crippen LogP contribution in [0.4, 0.5) is 5.69 Å². The Kier molecular flexibility index (Phi) is 5.40. The van der Waals surface area contributed by atoms with Crippen LogP contribution >= 0.6 is 0 Å². The summed E-state index contributed by atoms with van der Waals surface area (Å²) < 4.78 is 25.7. The van der Waals surface area contributed by atoms with E-state index < -0.39 is 10.0 Å². The predicted octanol–water partition coefficient (Wildman–Crippen LogP) is 2.15. The number of para-hydroxylation sites is 1. The molecule has 0 spiro atoms. The van der Waals surface area contributed by atoms with Crippen molar-refractivity contribution in [3.8, 4) is 12.3 Å². The maximum atomic E-state index is 12.2. The van der Waals surface area contributed by atoms with Crippen LogP contribution in [-0.4, -0.2) is 32.9 Å². The van der Waals surface area contributed by atoms with Gasteiger partial charge in [-0.25, -0.2) is 12.7 Å². The van der Waals surface area contributed by atoms with E-state index in [1.807, 2.05) is 6.92 Å². The van der Waals surface area contributed by atoms with Crippen LogP contribution < -0.4 is 5.32 Å². The molecule has 0 fully saturated rings. The molecule has 0 aliphatic heterocycles. The van der Waals surface area contributed by atoms with E-state index >= 15 is 0 Å². The average Bonchev–Trinajstić information content (AvgIpc) is 2.38. The minimum absolute atomic E-state index is 0.0727. The van der Waals surface area contributed by atoms with Crippen LogP contribution in [-0.2, 0) is 10.0 Å². The van der Waals surface area contributed by atoms with Crippen molar-refractivity contribution in [2.24, 2.45) is 0 Å². The number of anilines is 1. The second kappa shape index (κ2) is 6.60. The van der Waals surface area contributed by atoms with Gasteiger partial charge in [-0.05, 0) is 18.6 Å². The monoisotopic (exact) mass is 280 g/mol. The minimum atomic E-state index is -3.46. The Bertz CT molecular complexity index is 559. The van der Waals surface area contributed by atoms with Crippen LogP contribution in [0.15, 0.2) is 29.2 Å². The summed E-state index contributed by atoms with van der Waals surface area (Å²) in [6.45, 7) is 2.01. The van der Waals surface area contributed by atoms with Crippen LogP contribution in [0.5, 0.6) is 0 Å². The van der Waals surface area contributed by atoms with Crippen molar-refractivity contribution in [3.63, 3.8) is 0 Å². The molecular formula is C14H20N2O2S. The van der Waals surface area contributed by atoms with Gasteiger partial charge in [0, 0.05) is 26.6 Å².